The van der Waals surface area contributed by atoms with E-state index < -0.39 is 0 Å². The lowest BCUT2D eigenvalue weighted by atomic mass is 10.2. The smallest absolute Gasteiger partial charge is 0.264 e. The zero-order valence-corrected chi connectivity index (χ0v) is 23.2. The average Bonchev–Trinajstić information content (AvgIpc) is 3.17. The van der Waals surface area contributed by atoms with Gasteiger partial charge in [-0.1, -0.05) is 34.1 Å². The average molecular weight is 618 g/mol. The van der Waals surface area contributed by atoms with Gasteiger partial charge in [0.25, 0.3) is 5.91 Å². The highest BCUT2D eigenvalue weighted by Gasteiger charge is 2.25. The summed E-state index contributed by atoms with van der Waals surface area (Å²) in [6.45, 7) is 2.37. The van der Waals surface area contributed by atoms with Crippen LogP contribution in [0.5, 0.6) is 17.2 Å². The summed E-state index contributed by atoms with van der Waals surface area (Å²) in [5.74, 6) is 1.58. The number of nitrogens with one attached hydrogen (secondary N) is 1. The van der Waals surface area contributed by atoms with Crippen LogP contribution < -0.4 is 19.5 Å². The molecule has 1 aliphatic rings. The van der Waals surface area contributed by atoms with Gasteiger partial charge in [-0.15, -0.1) is 0 Å². The fourth-order valence-corrected chi connectivity index (χ4v) is 5.00. The van der Waals surface area contributed by atoms with Crippen LogP contribution in [-0.2, 0) is 11.4 Å². The predicted octanol–water partition coefficient (Wildman–Crippen LogP) is 7.01. The molecule has 1 fully saturated rings. The standard InChI is InChI=1S/C26H22Br2N2O4S/c1-15-4-9-21(32-2)20(10-15)29-26-30-25(31)23(35-26)13-17-11-19(28)24(22(12-17)33-3)34-14-16-5-7-18(27)8-6-16/h4-13H,14H2,1-3H3,(H,29,30,31)/b23-13-. The Hall–Kier alpha value is -2.75. The minimum absolute atomic E-state index is 0.217. The van der Waals surface area contributed by atoms with Gasteiger partial charge in [0.1, 0.15) is 18.0 Å². The zero-order chi connectivity index (χ0) is 24.9. The van der Waals surface area contributed by atoms with Gasteiger partial charge in [-0.2, -0.15) is 0 Å². The number of aryl methyl sites for hydroxylation is 1. The SMILES string of the molecule is COc1ccc(C)cc1N=C1NC(=O)/C(=C/c2cc(Br)c(OCc3ccc(Br)cc3)c(OC)c2)S1. The Morgan fingerprint density at radius 1 is 1.00 bits per heavy atom. The van der Waals surface area contributed by atoms with Crippen LogP contribution in [0, 0.1) is 6.92 Å². The van der Waals surface area contributed by atoms with E-state index in [-0.39, 0.29) is 5.91 Å². The molecule has 35 heavy (non-hydrogen) atoms. The van der Waals surface area contributed by atoms with Crippen molar-refractivity contribution in [2.45, 2.75) is 13.5 Å². The number of aliphatic imine (C=N–C) groups is 1. The molecule has 3 aromatic carbocycles. The molecule has 1 saturated heterocycles. The molecule has 0 saturated carbocycles. The second-order valence-corrected chi connectivity index (χ2v) is 10.4. The number of hydrogen-bond acceptors (Lipinski definition) is 6. The molecule has 6 nitrogen and oxygen atoms in total. The Morgan fingerprint density at radius 3 is 2.46 bits per heavy atom. The molecular formula is C26H22Br2N2O4S. The minimum atomic E-state index is -0.217. The van der Waals surface area contributed by atoms with Gasteiger partial charge in [0.15, 0.2) is 16.7 Å². The van der Waals surface area contributed by atoms with E-state index in [1.54, 1.807) is 20.3 Å². The topological polar surface area (TPSA) is 69.2 Å². The summed E-state index contributed by atoms with van der Waals surface area (Å²) in [7, 11) is 3.18. The van der Waals surface area contributed by atoms with Crippen molar-refractivity contribution >= 4 is 66.5 Å². The van der Waals surface area contributed by atoms with E-state index in [0.717, 1.165) is 25.6 Å². The highest BCUT2D eigenvalue weighted by molar-refractivity contribution is 9.10. The Bertz CT molecular complexity index is 1320. The first-order chi connectivity index (χ1) is 16.9. The molecule has 3 aromatic rings. The first kappa shape index (κ1) is 25.3. The molecule has 4 rings (SSSR count). The Labute approximate surface area is 225 Å². The first-order valence-corrected chi connectivity index (χ1v) is 13.0. The van der Waals surface area contributed by atoms with E-state index in [2.05, 4.69) is 42.2 Å². The van der Waals surface area contributed by atoms with Crippen molar-refractivity contribution in [3.05, 3.63) is 85.1 Å². The molecule has 0 radical (unpaired) electrons. The van der Waals surface area contributed by atoms with Crippen molar-refractivity contribution in [2.24, 2.45) is 4.99 Å². The second kappa shape index (κ2) is 11.3. The minimum Gasteiger partial charge on any atom is -0.494 e. The second-order valence-electron chi connectivity index (χ2n) is 7.61. The molecule has 1 heterocycles. The number of carbonyl (C=O) groups excluding carboxylic acids is 1. The quantitative estimate of drug-likeness (QED) is 0.289. The molecule has 1 amide bonds. The number of amides is 1. The van der Waals surface area contributed by atoms with Gasteiger partial charge in [-0.3, -0.25) is 4.79 Å². The summed E-state index contributed by atoms with van der Waals surface area (Å²) in [5, 5.41) is 3.31. The third-order valence-electron chi connectivity index (χ3n) is 5.05. The van der Waals surface area contributed by atoms with Gasteiger partial charge in [0.05, 0.1) is 23.6 Å². The maximum absolute atomic E-state index is 12.6. The molecular weight excluding hydrogens is 596 g/mol. The highest BCUT2D eigenvalue weighted by Crippen LogP contribution is 2.39. The molecule has 9 heteroatoms. The van der Waals surface area contributed by atoms with Crippen molar-refractivity contribution in [3.63, 3.8) is 0 Å². The summed E-state index contributed by atoms with van der Waals surface area (Å²) in [6, 6.07) is 17.4. The lowest BCUT2D eigenvalue weighted by Crippen LogP contribution is -2.19. The van der Waals surface area contributed by atoms with Gasteiger partial charge < -0.3 is 19.5 Å². The van der Waals surface area contributed by atoms with Gasteiger partial charge in [-0.05, 0) is 93.8 Å². The van der Waals surface area contributed by atoms with Crippen LogP contribution >= 0.6 is 43.6 Å². The number of methoxy groups -OCH3 is 2. The summed E-state index contributed by atoms with van der Waals surface area (Å²) < 4.78 is 18.7. The van der Waals surface area contributed by atoms with E-state index in [1.165, 1.54) is 11.8 Å². The Morgan fingerprint density at radius 2 is 1.74 bits per heavy atom. The van der Waals surface area contributed by atoms with Crippen LogP contribution in [0.4, 0.5) is 5.69 Å². The van der Waals surface area contributed by atoms with Crippen LogP contribution in [0.15, 0.2) is 73.4 Å². The lowest BCUT2D eigenvalue weighted by Gasteiger charge is -2.14. The van der Waals surface area contributed by atoms with Crippen LogP contribution in [0.25, 0.3) is 6.08 Å². The van der Waals surface area contributed by atoms with E-state index >= 15 is 0 Å². The van der Waals surface area contributed by atoms with Crippen LogP contribution in [-0.4, -0.2) is 25.3 Å². The molecule has 1 aliphatic heterocycles. The fraction of sp³-hybridized carbons (Fsp3) is 0.154. The van der Waals surface area contributed by atoms with Gasteiger partial charge >= 0.3 is 0 Å². The molecule has 180 valence electrons. The number of carbonyl (C=O) groups is 1. The normalized spacial score (nSPS) is 15.4. The van der Waals surface area contributed by atoms with E-state index in [4.69, 9.17) is 14.2 Å². The monoisotopic (exact) mass is 616 g/mol. The van der Waals surface area contributed by atoms with Crippen molar-refractivity contribution < 1.29 is 19.0 Å². The van der Waals surface area contributed by atoms with E-state index in [1.807, 2.05) is 61.5 Å². The summed E-state index contributed by atoms with van der Waals surface area (Å²) in [6.07, 6.45) is 1.79. The van der Waals surface area contributed by atoms with Crippen molar-refractivity contribution in [2.75, 3.05) is 14.2 Å². The lowest BCUT2D eigenvalue weighted by molar-refractivity contribution is -0.115. The number of rotatable bonds is 7. The van der Waals surface area contributed by atoms with Crippen LogP contribution in [0.2, 0.25) is 0 Å². The third-order valence-corrected chi connectivity index (χ3v) is 7.08. The van der Waals surface area contributed by atoms with E-state index in [0.29, 0.717) is 39.6 Å². The summed E-state index contributed by atoms with van der Waals surface area (Å²) in [4.78, 5) is 17.7. The summed E-state index contributed by atoms with van der Waals surface area (Å²) >= 11 is 8.29. The van der Waals surface area contributed by atoms with Crippen molar-refractivity contribution in [1.29, 1.82) is 0 Å². The largest absolute Gasteiger partial charge is 0.494 e. The van der Waals surface area contributed by atoms with Gasteiger partial charge in [0, 0.05) is 4.47 Å². The van der Waals surface area contributed by atoms with Gasteiger partial charge in [-0.25, -0.2) is 4.99 Å². The molecule has 1 N–H and O–H groups in total. The van der Waals surface area contributed by atoms with Gasteiger partial charge in [0.2, 0.25) is 0 Å². The molecule has 0 unspecified atom stereocenters. The van der Waals surface area contributed by atoms with Crippen LogP contribution in [0.3, 0.4) is 0 Å². The number of halogens is 2. The number of benzene rings is 3. The van der Waals surface area contributed by atoms with E-state index in [9.17, 15) is 4.79 Å². The number of nitrogens with zero attached hydrogens (tertiary/aromatic N) is 1. The highest BCUT2D eigenvalue weighted by atomic mass is 79.9. The molecule has 0 atom stereocenters. The van der Waals surface area contributed by atoms with Crippen molar-refractivity contribution in [3.8, 4) is 17.2 Å². The fourth-order valence-electron chi connectivity index (χ4n) is 3.33. The Balaban J connectivity index is 1.55. The molecule has 0 aromatic heterocycles. The summed E-state index contributed by atoms with van der Waals surface area (Å²) in [5.41, 5.74) is 3.53. The number of ether oxygens (including phenoxy) is 3. The molecule has 0 spiro atoms. The first-order valence-electron chi connectivity index (χ1n) is 10.6. The maximum Gasteiger partial charge on any atom is 0.264 e. The third kappa shape index (κ3) is 6.28. The number of hydrogen-bond donors (Lipinski definition) is 1. The Kier molecular flexibility index (Phi) is 8.20. The number of thioether (sulfide) groups is 1. The predicted molar refractivity (Wildman–Crippen MR) is 148 cm³/mol. The van der Waals surface area contributed by atoms with Crippen molar-refractivity contribution in [1.82, 2.24) is 5.32 Å². The van der Waals surface area contributed by atoms with Crippen LogP contribution in [0.1, 0.15) is 16.7 Å². The molecule has 0 aliphatic carbocycles. The maximum atomic E-state index is 12.6. The molecule has 0 bridgehead atoms. The number of amidine groups is 1. The zero-order valence-electron chi connectivity index (χ0n) is 19.2.